The first-order valence-corrected chi connectivity index (χ1v) is 32.2. The van der Waals surface area contributed by atoms with Crippen molar-refractivity contribution in [2.75, 3.05) is 40.9 Å². The predicted molar refractivity (Wildman–Crippen MR) is 302 cm³/mol. The van der Waals surface area contributed by atoms with Gasteiger partial charge in [-0.2, -0.15) is 0 Å². The molecule has 0 saturated carbocycles. The number of hydrogen-bond acceptors (Lipinski definition) is 6. The van der Waals surface area contributed by atoms with E-state index in [0.29, 0.717) is 17.4 Å². The molecule has 0 spiro atoms. The summed E-state index contributed by atoms with van der Waals surface area (Å²) < 4.78 is 23.4. The fourth-order valence-electron chi connectivity index (χ4n) is 9.33. The summed E-state index contributed by atoms with van der Waals surface area (Å²) >= 11 is 0. The van der Waals surface area contributed by atoms with Crippen molar-refractivity contribution in [3.05, 3.63) is 24.3 Å². The lowest BCUT2D eigenvalue weighted by atomic mass is 10.0. The number of rotatable bonds is 57. The Morgan fingerprint density at radius 1 is 0.486 bits per heavy atom. The molecule has 0 aromatic carbocycles. The topological polar surface area (TPSA) is 108 Å². The van der Waals surface area contributed by atoms with Gasteiger partial charge in [0, 0.05) is 6.42 Å². The number of nitrogens with zero attached hydrogens (tertiary/aromatic N) is 1. The van der Waals surface area contributed by atoms with Gasteiger partial charge in [0.1, 0.15) is 13.2 Å². The van der Waals surface area contributed by atoms with Crippen LogP contribution < -0.4 is 10.2 Å². The SMILES string of the molecule is CCCCCCCCCCCCCC/C=C\CCCCCCCCCC(=O)NC(COP(=O)([O-])OCC[N+](C)(C)C)C(O)/C=C/CCCCCCCCCCCCCCCCCCCCCCCCC. The Balaban J connectivity index is 4.17. The Morgan fingerprint density at radius 3 is 1.11 bits per heavy atom. The van der Waals surface area contributed by atoms with E-state index in [1.165, 1.54) is 250 Å². The van der Waals surface area contributed by atoms with Crippen LogP contribution in [0.5, 0.6) is 0 Å². The summed E-state index contributed by atoms with van der Waals surface area (Å²) in [4.78, 5) is 25.5. The maximum Gasteiger partial charge on any atom is 0.268 e. The van der Waals surface area contributed by atoms with Crippen LogP contribution in [0.3, 0.4) is 0 Å². The first-order chi connectivity index (χ1) is 34.0. The number of nitrogens with one attached hydrogen (secondary N) is 1. The van der Waals surface area contributed by atoms with E-state index in [4.69, 9.17) is 9.05 Å². The summed E-state index contributed by atoms with van der Waals surface area (Å²) in [7, 11) is 1.27. The zero-order valence-corrected chi connectivity index (χ0v) is 48.4. The monoisotopic (exact) mass is 1010 g/mol. The van der Waals surface area contributed by atoms with Crippen molar-refractivity contribution < 1.29 is 32.9 Å². The summed E-state index contributed by atoms with van der Waals surface area (Å²) in [6.07, 6.45) is 66.9. The minimum atomic E-state index is -4.60. The van der Waals surface area contributed by atoms with Gasteiger partial charge in [-0.3, -0.25) is 9.36 Å². The van der Waals surface area contributed by atoms with Gasteiger partial charge in [0.2, 0.25) is 5.91 Å². The minimum Gasteiger partial charge on any atom is -0.756 e. The van der Waals surface area contributed by atoms with Gasteiger partial charge in [0.25, 0.3) is 7.82 Å². The number of aliphatic hydroxyl groups is 1. The van der Waals surface area contributed by atoms with Gasteiger partial charge in [-0.25, -0.2) is 0 Å². The van der Waals surface area contributed by atoms with E-state index in [1.54, 1.807) is 6.08 Å². The van der Waals surface area contributed by atoms with E-state index >= 15 is 0 Å². The molecular weight excluding hydrogens is 888 g/mol. The molecule has 0 aromatic heterocycles. The van der Waals surface area contributed by atoms with Gasteiger partial charge in [-0.15, -0.1) is 0 Å². The van der Waals surface area contributed by atoms with Gasteiger partial charge in [-0.05, 0) is 44.9 Å². The summed E-state index contributed by atoms with van der Waals surface area (Å²) in [6.45, 7) is 4.70. The van der Waals surface area contributed by atoms with E-state index in [1.807, 2.05) is 27.2 Å². The van der Waals surface area contributed by atoms with Crippen molar-refractivity contribution in [3.8, 4) is 0 Å². The van der Waals surface area contributed by atoms with Crippen LogP contribution in [0.25, 0.3) is 0 Å². The molecule has 0 rings (SSSR count). The molecule has 2 N–H and O–H groups in total. The highest BCUT2D eigenvalue weighted by Crippen LogP contribution is 2.38. The molecule has 0 aromatic rings. The van der Waals surface area contributed by atoms with Crippen molar-refractivity contribution in [3.63, 3.8) is 0 Å². The second-order valence-electron chi connectivity index (χ2n) is 22.4. The van der Waals surface area contributed by atoms with E-state index in [-0.39, 0.29) is 19.1 Å². The molecule has 0 bridgehead atoms. The first-order valence-electron chi connectivity index (χ1n) is 30.7. The number of hydrogen-bond donors (Lipinski definition) is 2. The third kappa shape index (κ3) is 54.7. The molecule has 8 nitrogen and oxygen atoms in total. The van der Waals surface area contributed by atoms with Crippen molar-refractivity contribution in [2.24, 2.45) is 0 Å². The van der Waals surface area contributed by atoms with Gasteiger partial charge >= 0.3 is 0 Å². The molecule has 0 aliphatic carbocycles. The molecule has 1 amide bonds. The van der Waals surface area contributed by atoms with Gasteiger partial charge in [0.05, 0.1) is 39.9 Å². The maximum atomic E-state index is 13.0. The standard InChI is InChI=1S/C61H121N2O6P/c1-6-8-10-12-14-16-18-20-22-24-26-28-30-31-33-34-36-38-40-42-44-46-48-50-52-54-60(64)59(58-69-70(66,67)68-57-56-63(3,4)5)62-61(65)55-53-51-49-47-45-43-41-39-37-35-32-29-27-25-23-21-19-17-15-13-11-9-7-2/h35,37,52,54,59-60,64H,6-34,36,38-51,53,55-58H2,1-5H3,(H-,62,65,66,67)/b37-35-,54-52+. The Bertz CT molecular complexity index is 1190. The van der Waals surface area contributed by atoms with Crippen LogP contribution in [-0.2, 0) is 18.4 Å². The van der Waals surface area contributed by atoms with Crippen LogP contribution in [-0.4, -0.2) is 68.5 Å². The van der Waals surface area contributed by atoms with Gasteiger partial charge in [0.15, 0.2) is 0 Å². The van der Waals surface area contributed by atoms with E-state index in [2.05, 4.69) is 31.3 Å². The molecule has 9 heteroatoms. The molecule has 3 unspecified atom stereocenters. The van der Waals surface area contributed by atoms with Crippen LogP contribution in [0.15, 0.2) is 24.3 Å². The molecule has 0 fully saturated rings. The average Bonchev–Trinajstić information content (AvgIpc) is 3.32. The molecule has 0 saturated heterocycles. The molecule has 0 radical (unpaired) electrons. The maximum absolute atomic E-state index is 13.0. The van der Waals surface area contributed by atoms with Crippen molar-refractivity contribution >= 4 is 13.7 Å². The van der Waals surface area contributed by atoms with Gasteiger partial charge in [-0.1, -0.05) is 282 Å². The third-order valence-corrected chi connectivity index (χ3v) is 15.1. The Morgan fingerprint density at radius 2 is 0.786 bits per heavy atom. The summed E-state index contributed by atoms with van der Waals surface area (Å²) in [5.74, 6) is -0.196. The molecule has 3 atom stereocenters. The number of phosphoric ester groups is 1. The smallest absolute Gasteiger partial charge is 0.268 e. The second-order valence-corrected chi connectivity index (χ2v) is 23.8. The Kier molecular flexibility index (Phi) is 52.1. The molecular formula is C61H121N2O6P. The van der Waals surface area contributed by atoms with Crippen molar-refractivity contribution in [1.29, 1.82) is 0 Å². The van der Waals surface area contributed by atoms with Crippen LogP contribution in [0.2, 0.25) is 0 Å². The number of amides is 1. The lowest BCUT2D eigenvalue weighted by molar-refractivity contribution is -0.870. The highest BCUT2D eigenvalue weighted by atomic mass is 31.2. The largest absolute Gasteiger partial charge is 0.756 e. The summed E-state index contributed by atoms with van der Waals surface area (Å²) in [5.41, 5.74) is 0. The van der Waals surface area contributed by atoms with Crippen molar-refractivity contribution in [1.82, 2.24) is 5.32 Å². The lowest BCUT2D eigenvalue weighted by Crippen LogP contribution is -2.45. The minimum absolute atomic E-state index is 0.0000898. The quantitative estimate of drug-likeness (QED) is 0.0272. The predicted octanol–water partition coefficient (Wildman–Crippen LogP) is 18.1. The zero-order chi connectivity index (χ0) is 51.3. The molecule has 70 heavy (non-hydrogen) atoms. The van der Waals surface area contributed by atoms with E-state index < -0.39 is 20.0 Å². The summed E-state index contributed by atoms with van der Waals surface area (Å²) in [5, 5.41) is 13.9. The number of carbonyl (C=O) groups excluding carboxylic acids is 1. The number of allylic oxidation sites excluding steroid dienone is 3. The van der Waals surface area contributed by atoms with E-state index in [9.17, 15) is 19.4 Å². The van der Waals surface area contributed by atoms with Crippen LogP contribution in [0.4, 0.5) is 0 Å². The number of aliphatic hydroxyl groups excluding tert-OH is 1. The fourth-order valence-corrected chi connectivity index (χ4v) is 10.1. The number of carbonyl (C=O) groups is 1. The number of phosphoric acid groups is 1. The number of likely N-dealkylation sites (N-methyl/N-ethyl adjacent to an activating group) is 1. The first kappa shape index (κ1) is 69.0. The molecule has 0 heterocycles. The summed E-state index contributed by atoms with van der Waals surface area (Å²) in [6, 6.07) is -0.888. The fraction of sp³-hybridized carbons (Fsp3) is 0.918. The Labute approximate surface area is 436 Å². The Hall–Kier alpha value is -1.02. The molecule has 0 aliphatic rings. The molecule has 0 aliphatic heterocycles. The van der Waals surface area contributed by atoms with Gasteiger partial charge < -0.3 is 28.8 Å². The van der Waals surface area contributed by atoms with Crippen molar-refractivity contribution in [2.45, 2.75) is 321 Å². The van der Waals surface area contributed by atoms with Crippen LogP contribution in [0, 0.1) is 0 Å². The normalized spacial score (nSPS) is 14.0. The highest BCUT2D eigenvalue weighted by Gasteiger charge is 2.23. The van der Waals surface area contributed by atoms with Crippen LogP contribution in [0.1, 0.15) is 309 Å². The average molecular weight is 1010 g/mol. The highest BCUT2D eigenvalue weighted by molar-refractivity contribution is 7.45. The second kappa shape index (κ2) is 52.8. The van der Waals surface area contributed by atoms with Crippen LogP contribution >= 0.6 is 7.82 Å². The number of unbranched alkanes of at least 4 members (excludes halogenated alkanes) is 42. The number of quaternary nitrogens is 1. The third-order valence-electron chi connectivity index (χ3n) is 14.2. The molecule has 416 valence electrons. The van der Waals surface area contributed by atoms with E-state index in [0.717, 1.165) is 38.5 Å². The lowest BCUT2D eigenvalue weighted by Gasteiger charge is -2.29. The zero-order valence-electron chi connectivity index (χ0n) is 47.5.